The van der Waals surface area contributed by atoms with Crippen LogP contribution in [0.1, 0.15) is 67.7 Å². The Bertz CT molecular complexity index is 2350. The fourth-order valence-electron chi connectivity index (χ4n) is 8.56. The Balaban J connectivity index is 0.000000159. The Morgan fingerprint density at radius 3 is 1.68 bits per heavy atom. The minimum Gasteiger partial charge on any atom is -0.483 e. The predicted molar refractivity (Wildman–Crippen MR) is 216 cm³/mol. The summed E-state index contributed by atoms with van der Waals surface area (Å²) in [6, 6.07) is 11.8. The summed E-state index contributed by atoms with van der Waals surface area (Å²) in [5, 5.41) is 10.5. The van der Waals surface area contributed by atoms with Crippen molar-refractivity contribution in [1.29, 1.82) is 0 Å². The number of likely N-dealkylation sites (tertiary alicyclic amines) is 1. The lowest BCUT2D eigenvalue weighted by molar-refractivity contribution is -0.123. The number of halogens is 1. The molecule has 15 nitrogen and oxygen atoms in total. The van der Waals surface area contributed by atoms with Crippen molar-refractivity contribution < 1.29 is 28.6 Å². The number of carbonyl (C=O) groups is 3. The second-order valence-electron chi connectivity index (χ2n) is 17.0. The van der Waals surface area contributed by atoms with E-state index in [2.05, 4.69) is 80.6 Å². The average molecular weight is 786 g/mol. The van der Waals surface area contributed by atoms with E-state index in [1.807, 2.05) is 56.7 Å². The Hall–Kier alpha value is -5.44. The number of anilines is 2. The first-order chi connectivity index (χ1) is 26.1. The number of aromatic nitrogens is 2. The number of fused-ring (bicyclic) bond motifs is 8. The van der Waals surface area contributed by atoms with Gasteiger partial charge in [-0.15, -0.1) is 12.4 Å². The number of hydrogen-bond acceptors (Lipinski definition) is 10. The molecular weight excluding hydrogens is 738 g/mol. The zero-order chi connectivity index (χ0) is 38.6. The summed E-state index contributed by atoms with van der Waals surface area (Å²) < 4.78 is 21.9. The highest BCUT2D eigenvalue weighted by Gasteiger charge is 2.45. The molecule has 2 fully saturated rings. The zero-order valence-corrected chi connectivity index (χ0v) is 33.5. The summed E-state index contributed by atoms with van der Waals surface area (Å²) in [6.07, 6.45) is 7.63. The van der Waals surface area contributed by atoms with Crippen molar-refractivity contribution >= 4 is 75.2 Å². The number of carbonyl (C=O) groups excluding carboxylic acids is 3. The van der Waals surface area contributed by atoms with Crippen molar-refractivity contribution in [3.05, 3.63) is 48.8 Å². The summed E-state index contributed by atoms with van der Waals surface area (Å²) in [5.74, 6) is 2.75. The van der Waals surface area contributed by atoms with Crippen LogP contribution < -0.4 is 30.1 Å². The Kier molecular flexibility index (Phi) is 8.75. The van der Waals surface area contributed by atoms with Crippen molar-refractivity contribution in [2.75, 3.05) is 36.1 Å². The van der Waals surface area contributed by atoms with Crippen LogP contribution in [0.5, 0.6) is 11.5 Å². The largest absolute Gasteiger partial charge is 0.483 e. The highest BCUT2D eigenvalue weighted by atomic mass is 35.5. The molecule has 2 atom stereocenters. The highest BCUT2D eigenvalue weighted by Crippen LogP contribution is 2.45. The molecule has 0 spiro atoms. The second kappa shape index (κ2) is 13.1. The fourth-order valence-corrected chi connectivity index (χ4v) is 8.56. The maximum absolute atomic E-state index is 12.4. The van der Waals surface area contributed by atoms with Gasteiger partial charge >= 0.3 is 6.09 Å². The minimum absolute atomic E-state index is 0. The number of rotatable bonds is 2. The summed E-state index contributed by atoms with van der Waals surface area (Å²) in [5.41, 5.74) is 8.53. The minimum atomic E-state index is -0.515. The van der Waals surface area contributed by atoms with Crippen molar-refractivity contribution in [2.24, 2.45) is 10.2 Å². The molecule has 296 valence electrons. The topological polar surface area (TPSA) is 147 Å². The third kappa shape index (κ3) is 5.98. The van der Waals surface area contributed by atoms with E-state index in [1.54, 1.807) is 4.90 Å². The van der Waals surface area contributed by atoms with Gasteiger partial charge < -0.3 is 38.0 Å². The van der Waals surface area contributed by atoms with E-state index in [0.29, 0.717) is 32.1 Å². The molecule has 2 N–H and O–H groups in total. The van der Waals surface area contributed by atoms with Crippen LogP contribution in [0, 0.1) is 0 Å². The van der Waals surface area contributed by atoms with Crippen LogP contribution in [-0.4, -0.2) is 87.6 Å². The Morgan fingerprint density at radius 1 is 0.786 bits per heavy atom. The molecule has 2 aromatic carbocycles. The van der Waals surface area contributed by atoms with Gasteiger partial charge in [0.25, 0.3) is 11.8 Å². The maximum Gasteiger partial charge on any atom is 0.410 e. The summed E-state index contributed by atoms with van der Waals surface area (Å²) in [4.78, 5) is 42.3. The van der Waals surface area contributed by atoms with Crippen LogP contribution in [0.4, 0.5) is 16.2 Å². The van der Waals surface area contributed by atoms with Gasteiger partial charge in [-0.1, -0.05) is 0 Å². The van der Waals surface area contributed by atoms with Gasteiger partial charge in [-0.25, -0.2) is 15.6 Å². The van der Waals surface area contributed by atoms with E-state index in [0.717, 1.165) is 39.6 Å². The molecule has 16 heteroatoms. The lowest BCUT2D eigenvalue weighted by Crippen LogP contribution is -2.63. The van der Waals surface area contributed by atoms with E-state index in [1.165, 1.54) is 30.2 Å². The van der Waals surface area contributed by atoms with Crippen molar-refractivity contribution in [1.82, 2.24) is 24.9 Å². The van der Waals surface area contributed by atoms with Crippen LogP contribution in [-0.2, 0) is 25.4 Å². The van der Waals surface area contributed by atoms with Gasteiger partial charge in [-0.3, -0.25) is 9.59 Å². The van der Waals surface area contributed by atoms with E-state index in [4.69, 9.17) is 14.2 Å². The van der Waals surface area contributed by atoms with Crippen LogP contribution >= 0.6 is 12.4 Å². The maximum atomic E-state index is 12.4. The third-order valence-corrected chi connectivity index (χ3v) is 11.8. The normalized spacial score (nSPS) is 22.7. The van der Waals surface area contributed by atoms with Gasteiger partial charge in [-0.05, 0) is 104 Å². The molecule has 56 heavy (non-hydrogen) atoms. The van der Waals surface area contributed by atoms with E-state index >= 15 is 0 Å². The molecule has 1 saturated heterocycles. The van der Waals surface area contributed by atoms with E-state index in [-0.39, 0.29) is 53.5 Å². The number of amides is 3. The van der Waals surface area contributed by atoms with Crippen molar-refractivity contribution in [3.63, 3.8) is 0 Å². The Labute approximate surface area is 331 Å². The Morgan fingerprint density at radius 2 is 1.25 bits per heavy atom. The summed E-state index contributed by atoms with van der Waals surface area (Å²) in [7, 11) is 0. The van der Waals surface area contributed by atoms with Gasteiger partial charge in [-0.2, -0.15) is 10.2 Å². The van der Waals surface area contributed by atoms with Crippen molar-refractivity contribution in [3.8, 4) is 11.5 Å². The number of amidine groups is 2. The molecule has 6 aliphatic rings. The fraction of sp³-hybridized carbons (Fsp3) is 0.475. The SMILES string of the molecule is C[C@@H]1C(=O)NN=C2COc3cc4ccn(C5(C)CCC5)c4cc3N21.C[C@@H]1C(=O)NN=C2COc3cc4ccn(C5(C)CN(C(=O)OC(C)(C)C)C5)c4cc3N21.Cl. The molecule has 0 unspecified atom stereocenters. The lowest BCUT2D eigenvalue weighted by atomic mass is 9.78. The first-order valence-corrected chi connectivity index (χ1v) is 19.0. The smallest absolute Gasteiger partial charge is 0.410 e. The molecule has 0 bridgehead atoms. The first kappa shape index (κ1) is 37.5. The van der Waals surface area contributed by atoms with Crippen LogP contribution in [0.25, 0.3) is 21.8 Å². The summed E-state index contributed by atoms with van der Waals surface area (Å²) >= 11 is 0. The van der Waals surface area contributed by atoms with E-state index < -0.39 is 5.60 Å². The van der Waals surface area contributed by atoms with Gasteiger partial charge in [0.1, 0.15) is 42.4 Å². The van der Waals surface area contributed by atoms with Gasteiger partial charge in [0.05, 0.1) is 27.9 Å². The molecule has 7 heterocycles. The molecule has 1 aliphatic carbocycles. The van der Waals surface area contributed by atoms with Crippen LogP contribution in [0.3, 0.4) is 0 Å². The van der Waals surface area contributed by atoms with Gasteiger partial charge in [0.15, 0.2) is 11.7 Å². The van der Waals surface area contributed by atoms with Gasteiger partial charge in [0.2, 0.25) is 0 Å². The predicted octanol–water partition coefficient (Wildman–Crippen LogP) is 5.63. The number of hydrogen-bond donors (Lipinski definition) is 2. The monoisotopic (exact) mass is 785 g/mol. The van der Waals surface area contributed by atoms with Crippen LogP contribution in [0.2, 0.25) is 0 Å². The number of ether oxygens (including phenoxy) is 3. The quantitative estimate of drug-likeness (QED) is 0.266. The molecule has 4 aromatic rings. The molecule has 2 aromatic heterocycles. The summed E-state index contributed by atoms with van der Waals surface area (Å²) in [6.45, 7) is 15.6. The molecule has 10 rings (SSSR count). The van der Waals surface area contributed by atoms with Crippen molar-refractivity contribution in [2.45, 2.75) is 96.5 Å². The second-order valence-corrected chi connectivity index (χ2v) is 17.0. The molecule has 3 amide bonds. The lowest BCUT2D eigenvalue weighted by Gasteiger charge is -2.49. The number of benzene rings is 2. The third-order valence-electron chi connectivity index (χ3n) is 11.8. The molecule has 5 aliphatic heterocycles. The average Bonchev–Trinajstić information content (AvgIpc) is 3.73. The highest BCUT2D eigenvalue weighted by molar-refractivity contribution is 6.11. The number of nitrogens with one attached hydrogen (secondary N) is 2. The standard InChI is InChI=1S/C22H27N5O4.C18H20N4O2.ClH/c1-13-19(28)24-23-18-10-30-17-8-14-6-7-26(15(14)9-16(17)27(13)18)22(5)11-25(12-22)20(29)31-21(2,3)4;1-11-17(23)20-19-16-10-24-15-8-12-4-7-21(18(2)5-3-6-18)13(12)9-14(15)22(11)16;/h6-9,13H,10-12H2,1-5H3,(H,24,28);4,7-9,11H,3,5-6,10H2,1-2H3,(H,20,23);1H/t13-;11-;/m11./s1. The molecule has 1 saturated carbocycles. The van der Waals surface area contributed by atoms with E-state index in [9.17, 15) is 14.4 Å². The number of hydrazone groups is 2. The molecule has 0 radical (unpaired) electrons. The van der Waals surface area contributed by atoms with Gasteiger partial charge in [0, 0.05) is 41.8 Å². The van der Waals surface area contributed by atoms with Crippen LogP contribution in [0.15, 0.2) is 59.0 Å². The first-order valence-electron chi connectivity index (χ1n) is 19.0. The number of nitrogens with zero attached hydrogens (tertiary/aromatic N) is 7. The zero-order valence-electron chi connectivity index (χ0n) is 32.7. The molecular formula is C40H48ClN9O6.